The van der Waals surface area contributed by atoms with Crippen LogP contribution < -0.4 is 10.1 Å². The van der Waals surface area contributed by atoms with E-state index < -0.39 is 9.84 Å². The third kappa shape index (κ3) is 4.19. The summed E-state index contributed by atoms with van der Waals surface area (Å²) in [6, 6.07) is 7.21. The second-order valence-electron chi connectivity index (χ2n) is 8.85. The summed E-state index contributed by atoms with van der Waals surface area (Å²) in [4.78, 5) is 13.2. The molecule has 1 N–H and O–H groups in total. The van der Waals surface area contributed by atoms with Crippen molar-refractivity contribution in [3.8, 4) is 5.75 Å². The fourth-order valence-corrected chi connectivity index (χ4v) is 7.49. The molecule has 1 aromatic rings. The van der Waals surface area contributed by atoms with E-state index >= 15 is 0 Å². The number of rotatable bonds is 6. The molecule has 0 saturated heterocycles. The van der Waals surface area contributed by atoms with Gasteiger partial charge in [-0.25, -0.2) is 8.42 Å². The lowest BCUT2D eigenvalue weighted by Crippen LogP contribution is -2.57. The standard InChI is InChI=1S/C20H26BrNO4S/c1-27(24,25)6-5-26-17-4-2-3-16(8-17)22-18(23)19-9-14-7-15(10-19)12-20(21,11-14)13-19/h2-4,8,14-15H,5-7,9-13H2,1H3,(H,22,23). The number of halogens is 1. The van der Waals surface area contributed by atoms with E-state index in [2.05, 4.69) is 21.2 Å². The SMILES string of the molecule is CS(=O)(=O)CCOc1cccc(NC(=O)C23CC4CC(CC(Br)(C4)C2)C3)c1. The molecule has 0 aromatic heterocycles. The van der Waals surface area contributed by atoms with Crippen LogP contribution in [0.3, 0.4) is 0 Å². The van der Waals surface area contributed by atoms with E-state index in [4.69, 9.17) is 4.74 Å². The van der Waals surface area contributed by atoms with Gasteiger partial charge in [0.15, 0.2) is 9.84 Å². The molecule has 2 atom stereocenters. The molecule has 148 valence electrons. The Morgan fingerprint density at radius 3 is 2.59 bits per heavy atom. The largest absolute Gasteiger partial charge is 0.492 e. The van der Waals surface area contributed by atoms with Gasteiger partial charge in [-0.2, -0.15) is 0 Å². The van der Waals surface area contributed by atoms with Gasteiger partial charge in [-0.3, -0.25) is 4.79 Å². The second-order valence-corrected chi connectivity index (χ2v) is 12.8. The summed E-state index contributed by atoms with van der Waals surface area (Å²) in [5.41, 5.74) is 0.442. The van der Waals surface area contributed by atoms with Crippen LogP contribution in [0, 0.1) is 17.3 Å². The number of carbonyl (C=O) groups is 1. The summed E-state index contributed by atoms with van der Waals surface area (Å²) < 4.78 is 28.1. The Kier molecular flexibility index (Phi) is 4.82. The molecule has 4 saturated carbocycles. The minimum Gasteiger partial charge on any atom is -0.492 e. The first-order valence-electron chi connectivity index (χ1n) is 9.56. The number of carbonyl (C=O) groups excluding carboxylic acids is 1. The number of benzene rings is 1. The molecule has 0 radical (unpaired) electrons. The Morgan fingerprint density at radius 2 is 1.96 bits per heavy atom. The van der Waals surface area contributed by atoms with E-state index in [1.807, 2.05) is 12.1 Å². The molecule has 1 aromatic carbocycles. The van der Waals surface area contributed by atoms with E-state index in [1.165, 1.54) is 25.5 Å². The summed E-state index contributed by atoms with van der Waals surface area (Å²) in [7, 11) is -3.05. The maximum Gasteiger partial charge on any atom is 0.230 e. The number of ether oxygens (including phenoxy) is 1. The summed E-state index contributed by atoms with van der Waals surface area (Å²) in [5.74, 6) is 1.97. The van der Waals surface area contributed by atoms with Crippen molar-refractivity contribution >= 4 is 37.4 Å². The number of hydrogen-bond acceptors (Lipinski definition) is 4. The van der Waals surface area contributed by atoms with Crippen molar-refractivity contribution in [3.05, 3.63) is 24.3 Å². The molecule has 0 heterocycles. The maximum atomic E-state index is 13.2. The first kappa shape index (κ1) is 19.2. The van der Waals surface area contributed by atoms with Crippen LogP contribution in [0.4, 0.5) is 5.69 Å². The highest BCUT2D eigenvalue weighted by Gasteiger charge is 2.59. The van der Waals surface area contributed by atoms with Crippen molar-refractivity contribution in [2.75, 3.05) is 23.9 Å². The third-order valence-corrected chi connectivity index (χ3v) is 8.12. The van der Waals surface area contributed by atoms with E-state index in [0.29, 0.717) is 23.3 Å². The molecule has 4 bridgehead atoms. The van der Waals surface area contributed by atoms with Gasteiger partial charge in [0.2, 0.25) is 5.91 Å². The minimum atomic E-state index is -3.05. The third-order valence-electron chi connectivity index (χ3n) is 6.29. The van der Waals surface area contributed by atoms with Gasteiger partial charge in [0, 0.05) is 22.3 Å². The molecule has 4 aliphatic rings. The fraction of sp³-hybridized carbons (Fsp3) is 0.650. The van der Waals surface area contributed by atoms with Crippen molar-refractivity contribution in [1.82, 2.24) is 0 Å². The molecule has 0 spiro atoms. The minimum absolute atomic E-state index is 0.0250. The topological polar surface area (TPSA) is 72.5 Å². The van der Waals surface area contributed by atoms with Gasteiger partial charge in [0.1, 0.15) is 12.4 Å². The highest BCUT2D eigenvalue weighted by atomic mass is 79.9. The predicted molar refractivity (Wildman–Crippen MR) is 109 cm³/mol. The summed E-state index contributed by atoms with van der Waals surface area (Å²) in [5, 5.41) is 3.11. The molecule has 27 heavy (non-hydrogen) atoms. The van der Waals surface area contributed by atoms with Gasteiger partial charge in [0.25, 0.3) is 0 Å². The van der Waals surface area contributed by atoms with Crippen LogP contribution in [0.25, 0.3) is 0 Å². The normalized spacial score (nSPS) is 34.4. The van der Waals surface area contributed by atoms with Crippen molar-refractivity contribution in [1.29, 1.82) is 0 Å². The Morgan fingerprint density at radius 1 is 1.26 bits per heavy atom. The molecule has 5 rings (SSSR count). The zero-order valence-corrected chi connectivity index (χ0v) is 17.9. The van der Waals surface area contributed by atoms with Crippen LogP contribution in [0.2, 0.25) is 0 Å². The van der Waals surface area contributed by atoms with Crippen LogP contribution >= 0.6 is 15.9 Å². The molecular formula is C20H26BrNO4S. The van der Waals surface area contributed by atoms with Crippen LogP contribution in [-0.4, -0.2) is 37.3 Å². The maximum absolute atomic E-state index is 13.2. The number of anilines is 1. The Labute approximate surface area is 169 Å². The summed E-state index contributed by atoms with van der Waals surface area (Å²) in [6.45, 7) is 0.107. The summed E-state index contributed by atoms with van der Waals surface area (Å²) >= 11 is 3.95. The quantitative estimate of drug-likeness (QED) is 0.662. The molecule has 4 fully saturated rings. The van der Waals surface area contributed by atoms with Crippen LogP contribution in [0.5, 0.6) is 5.75 Å². The number of alkyl halides is 1. The van der Waals surface area contributed by atoms with Crippen LogP contribution in [0.15, 0.2) is 24.3 Å². The van der Waals surface area contributed by atoms with Crippen LogP contribution in [-0.2, 0) is 14.6 Å². The van der Waals surface area contributed by atoms with Crippen molar-refractivity contribution < 1.29 is 17.9 Å². The average molecular weight is 456 g/mol. The number of hydrogen-bond donors (Lipinski definition) is 1. The molecule has 1 amide bonds. The van der Waals surface area contributed by atoms with Gasteiger partial charge in [-0.05, 0) is 62.5 Å². The average Bonchev–Trinajstić information content (AvgIpc) is 2.51. The van der Waals surface area contributed by atoms with Crippen molar-refractivity contribution in [2.24, 2.45) is 17.3 Å². The lowest BCUT2D eigenvalue weighted by molar-refractivity contribution is -0.138. The summed E-state index contributed by atoms with van der Waals surface area (Å²) in [6.07, 6.45) is 7.76. The number of nitrogens with one attached hydrogen (secondary N) is 1. The second kappa shape index (κ2) is 6.76. The predicted octanol–water partition coefficient (Wildman–Crippen LogP) is 3.78. The monoisotopic (exact) mass is 455 g/mol. The molecule has 7 heteroatoms. The van der Waals surface area contributed by atoms with Crippen molar-refractivity contribution in [2.45, 2.75) is 42.8 Å². The van der Waals surface area contributed by atoms with Gasteiger partial charge in [0.05, 0.1) is 11.2 Å². The zero-order chi connectivity index (χ0) is 19.3. The van der Waals surface area contributed by atoms with E-state index in [1.54, 1.807) is 12.1 Å². The molecule has 0 aliphatic heterocycles. The molecule has 5 nitrogen and oxygen atoms in total. The van der Waals surface area contributed by atoms with E-state index in [0.717, 1.165) is 19.3 Å². The highest BCUT2D eigenvalue weighted by molar-refractivity contribution is 9.10. The van der Waals surface area contributed by atoms with E-state index in [-0.39, 0.29) is 28.0 Å². The first-order valence-corrected chi connectivity index (χ1v) is 12.4. The Hall–Kier alpha value is -1.08. The lowest BCUT2D eigenvalue weighted by Gasteiger charge is -2.59. The highest BCUT2D eigenvalue weighted by Crippen LogP contribution is 2.64. The number of amides is 1. The smallest absolute Gasteiger partial charge is 0.230 e. The fourth-order valence-electron chi connectivity index (χ4n) is 5.65. The molecule has 4 aliphatic carbocycles. The number of sulfone groups is 1. The van der Waals surface area contributed by atoms with Gasteiger partial charge < -0.3 is 10.1 Å². The zero-order valence-electron chi connectivity index (χ0n) is 15.5. The Balaban J connectivity index is 1.43. The van der Waals surface area contributed by atoms with Gasteiger partial charge in [-0.15, -0.1) is 0 Å². The Bertz CT molecular complexity index is 839. The molecule has 2 unspecified atom stereocenters. The lowest BCUT2D eigenvalue weighted by atomic mass is 9.49. The first-order chi connectivity index (χ1) is 12.6. The molecular weight excluding hydrogens is 430 g/mol. The van der Waals surface area contributed by atoms with Crippen LogP contribution in [0.1, 0.15) is 38.5 Å². The van der Waals surface area contributed by atoms with Gasteiger partial charge in [-0.1, -0.05) is 22.0 Å². The van der Waals surface area contributed by atoms with E-state index in [9.17, 15) is 13.2 Å². The van der Waals surface area contributed by atoms with Crippen molar-refractivity contribution in [3.63, 3.8) is 0 Å². The van der Waals surface area contributed by atoms with Gasteiger partial charge >= 0.3 is 0 Å².